The number of sulfonamides is 1. The molecule has 7 N–H and O–H groups in total. The van der Waals surface area contributed by atoms with E-state index in [1.807, 2.05) is 0 Å². The number of rotatable bonds is 4. The minimum absolute atomic E-state index is 0.0469. The van der Waals surface area contributed by atoms with Crippen LogP contribution in [0.3, 0.4) is 0 Å². The molecule has 0 heterocycles. The highest BCUT2D eigenvalue weighted by Crippen LogP contribution is 2.28. The minimum atomic E-state index is -3.91. The Morgan fingerprint density at radius 2 is 1.89 bits per heavy atom. The maximum Gasteiger partial charge on any atom is 0.242 e. The van der Waals surface area contributed by atoms with E-state index in [2.05, 4.69) is 5.32 Å². The fourth-order valence-electron chi connectivity index (χ4n) is 1.30. The SMILES string of the molecule is CC(C)(Nc1cccc(S(N)(=O)=O)c1N)C(N)=O. The Bertz CT molecular complexity index is 581. The summed E-state index contributed by atoms with van der Waals surface area (Å²) in [5, 5.41) is 7.80. The number of carbonyl (C=O) groups excluding carboxylic acids is 1. The number of nitrogen functional groups attached to an aromatic ring is 1. The molecule has 0 bridgehead atoms. The van der Waals surface area contributed by atoms with Crippen molar-refractivity contribution in [2.24, 2.45) is 10.9 Å². The Morgan fingerprint density at radius 3 is 2.33 bits per heavy atom. The third-order valence-corrected chi connectivity index (χ3v) is 3.40. The fourth-order valence-corrected chi connectivity index (χ4v) is 1.98. The number of primary sulfonamides is 1. The van der Waals surface area contributed by atoms with Crippen LogP contribution in [0.5, 0.6) is 0 Å². The maximum absolute atomic E-state index is 11.3. The van der Waals surface area contributed by atoms with Crippen LogP contribution in [-0.4, -0.2) is 19.9 Å². The molecule has 0 aromatic heterocycles. The fraction of sp³-hybridized carbons (Fsp3) is 0.300. The zero-order valence-electron chi connectivity index (χ0n) is 10.1. The molecule has 1 aromatic carbocycles. The molecule has 0 spiro atoms. The number of para-hydroxylation sites is 1. The van der Waals surface area contributed by atoms with Gasteiger partial charge in [0.15, 0.2) is 0 Å². The number of nitrogens with two attached hydrogens (primary N) is 3. The van der Waals surface area contributed by atoms with Gasteiger partial charge in [-0.1, -0.05) is 6.07 Å². The van der Waals surface area contributed by atoms with E-state index in [1.54, 1.807) is 13.8 Å². The number of hydrogen-bond acceptors (Lipinski definition) is 5. The Balaban J connectivity index is 3.26. The molecule has 0 fully saturated rings. The summed E-state index contributed by atoms with van der Waals surface area (Å²) in [6.45, 7) is 3.11. The summed E-state index contributed by atoms with van der Waals surface area (Å²) in [4.78, 5) is 11.0. The molecule has 1 amide bonds. The maximum atomic E-state index is 11.3. The first-order chi connectivity index (χ1) is 8.05. The lowest BCUT2D eigenvalue weighted by Crippen LogP contribution is -2.45. The van der Waals surface area contributed by atoms with Crippen molar-refractivity contribution in [1.29, 1.82) is 0 Å². The van der Waals surface area contributed by atoms with Crippen LogP contribution in [0.4, 0.5) is 11.4 Å². The molecule has 0 aliphatic carbocycles. The van der Waals surface area contributed by atoms with Gasteiger partial charge in [-0.05, 0) is 26.0 Å². The molecule has 100 valence electrons. The van der Waals surface area contributed by atoms with Crippen molar-refractivity contribution in [1.82, 2.24) is 0 Å². The molecule has 0 atom stereocenters. The number of hydrogen-bond donors (Lipinski definition) is 4. The van der Waals surface area contributed by atoms with Crippen LogP contribution in [0.25, 0.3) is 0 Å². The second-order valence-corrected chi connectivity index (χ2v) is 5.91. The molecule has 7 nitrogen and oxygen atoms in total. The van der Waals surface area contributed by atoms with Crippen molar-refractivity contribution in [3.05, 3.63) is 18.2 Å². The summed E-state index contributed by atoms with van der Waals surface area (Å²) >= 11 is 0. The summed E-state index contributed by atoms with van der Waals surface area (Å²) in [6.07, 6.45) is 0. The van der Waals surface area contributed by atoms with E-state index in [4.69, 9.17) is 16.6 Å². The summed E-state index contributed by atoms with van der Waals surface area (Å²) < 4.78 is 22.6. The van der Waals surface area contributed by atoms with Gasteiger partial charge in [-0.15, -0.1) is 0 Å². The van der Waals surface area contributed by atoms with Gasteiger partial charge in [-0.3, -0.25) is 4.79 Å². The first-order valence-electron chi connectivity index (χ1n) is 5.05. The van der Waals surface area contributed by atoms with Crippen LogP contribution in [0.2, 0.25) is 0 Å². The van der Waals surface area contributed by atoms with Crippen molar-refractivity contribution in [3.8, 4) is 0 Å². The number of primary amides is 1. The molecular formula is C10H16N4O3S. The van der Waals surface area contributed by atoms with Crippen LogP contribution < -0.4 is 21.9 Å². The van der Waals surface area contributed by atoms with Crippen LogP contribution in [0.15, 0.2) is 23.1 Å². The second-order valence-electron chi connectivity index (χ2n) is 4.38. The third-order valence-electron chi connectivity index (χ3n) is 2.44. The highest BCUT2D eigenvalue weighted by atomic mass is 32.2. The average molecular weight is 272 g/mol. The molecule has 0 radical (unpaired) electrons. The lowest BCUT2D eigenvalue weighted by molar-refractivity contribution is -0.121. The molecule has 1 rings (SSSR count). The molecule has 0 aliphatic rings. The van der Waals surface area contributed by atoms with Crippen LogP contribution >= 0.6 is 0 Å². The van der Waals surface area contributed by atoms with Crippen LogP contribution in [-0.2, 0) is 14.8 Å². The summed E-state index contributed by atoms with van der Waals surface area (Å²) in [6, 6.07) is 4.29. The number of nitrogens with one attached hydrogen (secondary N) is 1. The third kappa shape index (κ3) is 2.90. The van der Waals surface area contributed by atoms with E-state index in [9.17, 15) is 13.2 Å². The van der Waals surface area contributed by atoms with Gasteiger partial charge in [0, 0.05) is 0 Å². The Morgan fingerprint density at radius 1 is 1.33 bits per heavy atom. The van der Waals surface area contributed by atoms with E-state index in [0.717, 1.165) is 0 Å². The Hall–Kier alpha value is -1.80. The number of benzene rings is 1. The van der Waals surface area contributed by atoms with Gasteiger partial charge in [0.2, 0.25) is 15.9 Å². The monoisotopic (exact) mass is 272 g/mol. The lowest BCUT2D eigenvalue weighted by Gasteiger charge is -2.25. The highest BCUT2D eigenvalue weighted by molar-refractivity contribution is 7.89. The number of anilines is 2. The summed E-state index contributed by atoms with van der Waals surface area (Å²) in [5.74, 6) is -0.595. The smallest absolute Gasteiger partial charge is 0.242 e. The van der Waals surface area contributed by atoms with Crippen molar-refractivity contribution in [3.63, 3.8) is 0 Å². The van der Waals surface area contributed by atoms with E-state index < -0.39 is 21.5 Å². The molecule has 1 aromatic rings. The molecule has 18 heavy (non-hydrogen) atoms. The van der Waals surface area contributed by atoms with Crippen LogP contribution in [0, 0.1) is 0 Å². The quantitative estimate of drug-likeness (QED) is 0.551. The van der Waals surface area contributed by atoms with Gasteiger partial charge < -0.3 is 16.8 Å². The summed E-state index contributed by atoms with van der Waals surface area (Å²) in [7, 11) is -3.91. The molecule has 0 unspecified atom stereocenters. The molecule has 0 aliphatic heterocycles. The standard InChI is InChI=1S/C10H16N4O3S/c1-10(2,9(12)15)14-6-4-3-5-7(8(6)11)18(13,16)17/h3-5,14H,11H2,1-2H3,(H2,12,15)(H2,13,16,17). The predicted molar refractivity (Wildman–Crippen MR) is 69.1 cm³/mol. The van der Waals surface area contributed by atoms with Gasteiger partial charge >= 0.3 is 0 Å². The number of carbonyl (C=O) groups is 1. The zero-order chi connectivity index (χ0) is 14.1. The molecular weight excluding hydrogens is 256 g/mol. The van der Waals surface area contributed by atoms with Crippen molar-refractivity contribution in [2.45, 2.75) is 24.3 Å². The molecule has 0 saturated carbocycles. The Kier molecular flexibility index (Phi) is 3.54. The van der Waals surface area contributed by atoms with Crippen LogP contribution in [0.1, 0.15) is 13.8 Å². The van der Waals surface area contributed by atoms with Gasteiger partial charge in [0.25, 0.3) is 0 Å². The summed E-state index contributed by atoms with van der Waals surface area (Å²) in [5.41, 5.74) is 10.1. The normalized spacial score (nSPS) is 12.2. The van der Waals surface area contributed by atoms with Crippen molar-refractivity contribution < 1.29 is 13.2 Å². The first-order valence-corrected chi connectivity index (χ1v) is 6.59. The second kappa shape index (κ2) is 4.46. The minimum Gasteiger partial charge on any atom is -0.396 e. The van der Waals surface area contributed by atoms with E-state index in [-0.39, 0.29) is 16.3 Å². The van der Waals surface area contributed by atoms with Gasteiger partial charge in [-0.2, -0.15) is 0 Å². The first kappa shape index (κ1) is 14.3. The Labute approximate surface area is 105 Å². The van der Waals surface area contributed by atoms with Gasteiger partial charge in [0.1, 0.15) is 10.4 Å². The van der Waals surface area contributed by atoms with E-state index in [0.29, 0.717) is 0 Å². The largest absolute Gasteiger partial charge is 0.396 e. The van der Waals surface area contributed by atoms with Crippen molar-refractivity contribution in [2.75, 3.05) is 11.1 Å². The van der Waals surface area contributed by atoms with E-state index in [1.165, 1.54) is 18.2 Å². The molecule has 0 saturated heterocycles. The molecule has 8 heteroatoms. The predicted octanol–water partition coefficient (Wildman–Crippen LogP) is -0.408. The van der Waals surface area contributed by atoms with E-state index >= 15 is 0 Å². The lowest BCUT2D eigenvalue weighted by atomic mass is 10.0. The van der Waals surface area contributed by atoms with Gasteiger partial charge in [0.05, 0.1) is 11.4 Å². The van der Waals surface area contributed by atoms with Crippen molar-refractivity contribution >= 4 is 27.3 Å². The van der Waals surface area contributed by atoms with Gasteiger partial charge in [-0.25, -0.2) is 13.6 Å². The number of amides is 1. The topological polar surface area (TPSA) is 141 Å². The zero-order valence-corrected chi connectivity index (χ0v) is 10.9. The highest BCUT2D eigenvalue weighted by Gasteiger charge is 2.26. The average Bonchev–Trinajstić information content (AvgIpc) is 2.18.